The summed E-state index contributed by atoms with van der Waals surface area (Å²) in [6, 6.07) is 3.62. The van der Waals surface area contributed by atoms with Crippen molar-refractivity contribution in [1.82, 2.24) is 4.98 Å². The second kappa shape index (κ2) is 5.14. The van der Waals surface area contributed by atoms with E-state index in [1.807, 2.05) is 26.8 Å². The molecule has 0 aliphatic carbocycles. The Morgan fingerprint density at radius 2 is 2.18 bits per heavy atom. The molecule has 5 nitrogen and oxygen atoms in total. The average molecular weight is 237 g/mol. The number of rotatable bonds is 2. The van der Waals surface area contributed by atoms with E-state index in [-0.39, 0.29) is 0 Å². The Kier molecular flexibility index (Phi) is 4.07. The topological polar surface area (TPSA) is 68.5 Å². The predicted molar refractivity (Wildman–Crippen MR) is 66.8 cm³/mol. The molecule has 2 N–H and O–H groups in total. The maximum absolute atomic E-state index is 11.9. The fourth-order valence-electron chi connectivity index (χ4n) is 1.31. The number of aromatic nitrogens is 1. The number of hydrogen-bond donors (Lipinski definition) is 1. The number of nitrogens with two attached hydrogens (primary N) is 1. The van der Waals surface area contributed by atoms with Crippen molar-refractivity contribution in [2.24, 2.45) is 5.73 Å². The molecule has 1 aromatic rings. The van der Waals surface area contributed by atoms with Crippen LogP contribution in [0.25, 0.3) is 0 Å². The summed E-state index contributed by atoms with van der Waals surface area (Å²) in [5.74, 6) is 0.532. The van der Waals surface area contributed by atoms with Crippen molar-refractivity contribution in [3.05, 3.63) is 23.9 Å². The van der Waals surface area contributed by atoms with Crippen LogP contribution in [0.15, 0.2) is 18.3 Å². The van der Waals surface area contributed by atoms with Gasteiger partial charge in [-0.15, -0.1) is 0 Å². The van der Waals surface area contributed by atoms with E-state index in [1.165, 1.54) is 4.90 Å². The lowest BCUT2D eigenvalue weighted by Crippen LogP contribution is -2.35. The molecule has 0 saturated heterocycles. The number of carbonyl (C=O) groups excluding carboxylic acids is 1. The largest absolute Gasteiger partial charge is 0.443 e. The highest BCUT2D eigenvalue weighted by molar-refractivity contribution is 5.86. The quantitative estimate of drug-likeness (QED) is 0.853. The minimum Gasteiger partial charge on any atom is -0.443 e. The molecule has 0 atom stereocenters. The highest BCUT2D eigenvalue weighted by Crippen LogP contribution is 2.18. The van der Waals surface area contributed by atoms with Crippen LogP contribution in [-0.4, -0.2) is 23.7 Å². The van der Waals surface area contributed by atoms with Gasteiger partial charge in [0, 0.05) is 25.4 Å². The highest BCUT2D eigenvalue weighted by Gasteiger charge is 2.22. The van der Waals surface area contributed by atoms with Gasteiger partial charge >= 0.3 is 6.09 Å². The second-order valence-corrected chi connectivity index (χ2v) is 4.73. The summed E-state index contributed by atoms with van der Waals surface area (Å²) in [6.07, 6.45) is 1.18. The molecule has 0 fully saturated rings. The molecule has 94 valence electrons. The summed E-state index contributed by atoms with van der Waals surface area (Å²) >= 11 is 0. The molecular formula is C12H19N3O2. The lowest BCUT2D eigenvalue weighted by molar-refractivity contribution is 0.0588. The molecule has 17 heavy (non-hydrogen) atoms. The molecule has 0 aromatic carbocycles. The summed E-state index contributed by atoms with van der Waals surface area (Å²) in [7, 11) is 1.62. The molecule has 1 aromatic heterocycles. The number of ether oxygens (including phenoxy) is 1. The third kappa shape index (κ3) is 3.71. The van der Waals surface area contributed by atoms with E-state index < -0.39 is 11.7 Å². The van der Waals surface area contributed by atoms with Gasteiger partial charge in [-0.05, 0) is 26.8 Å². The monoisotopic (exact) mass is 237 g/mol. The molecule has 0 unspecified atom stereocenters. The highest BCUT2D eigenvalue weighted by atomic mass is 16.6. The first-order chi connectivity index (χ1) is 7.85. The van der Waals surface area contributed by atoms with Crippen molar-refractivity contribution >= 4 is 11.9 Å². The van der Waals surface area contributed by atoms with Gasteiger partial charge in [0.1, 0.15) is 11.4 Å². The van der Waals surface area contributed by atoms with E-state index in [2.05, 4.69) is 4.98 Å². The van der Waals surface area contributed by atoms with Gasteiger partial charge in [-0.25, -0.2) is 9.78 Å². The van der Waals surface area contributed by atoms with Crippen LogP contribution in [-0.2, 0) is 11.3 Å². The minimum absolute atomic E-state index is 0.330. The number of pyridine rings is 1. The Hall–Kier alpha value is -1.62. The van der Waals surface area contributed by atoms with E-state index >= 15 is 0 Å². The van der Waals surface area contributed by atoms with Crippen molar-refractivity contribution in [2.45, 2.75) is 32.9 Å². The number of amides is 1. The molecule has 0 saturated carbocycles. The maximum atomic E-state index is 11.9. The molecule has 0 spiro atoms. The molecule has 1 rings (SSSR count). The molecule has 0 aliphatic rings. The van der Waals surface area contributed by atoms with E-state index in [1.54, 1.807) is 19.3 Å². The average Bonchev–Trinajstić information content (AvgIpc) is 2.25. The van der Waals surface area contributed by atoms with Crippen LogP contribution in [0.4, 0.5) is 10.6 Å². The van der Waals surface area contributed by atoms with Gasteiger partial charge in [0.05, 0.1) is 0 Å². The van der Waals surface area contributed by atoms with Gasteiger partial charge in [-0.3, -0.25) is 4.90 Å². The standard InChI is InChI=1S/C12H19N3O2/c1-12(2,3)17-11(16)15(4)10-9(8-13)6-5-7-14-10/h5-7H,8,13H2,1-4H3. The van der Waals surface area contributed by atoms with Gasteiger partial charge in [0.25, 0.3) is 0 Å². The summed E-state index contributed by atoms with van der Waals surface area (Å²) in [5.41, 5.74) is 5.88. The first-order valence-corrected chi connectivity index (χ1v) is 5.46. The normalized spacial score (nSPS) is 11.1. The number of nitrogens with zero attached hydrogens (tertiary/aromatic N) is 2. The van der Waals surface area contributed by atoms with Crippen LogP contribution in [0.2, 0.25) is 0 Å². The molecule has 0 aliphatic heterocycles. The van der Waals surface area contributed by atoms with Crippen LogP contribution in [0, 0.1) is 0 Å². The van der Waals surface area contributed by atoms with Gasteiger partial charge in [-0.1, -0.05) is 6.07 Å². The molecule has 5 heteroatoms. The molecular weight excluding hydrogens is 218 g/mol. The van der Waals surface area contributed by atoms with Crippen molar-refractivity contribution in [1.29, 1.82) is 0 Å². The van der Waals surface area contributed by atoms with Crippen molar-refractivity contribution in [3.63, 3.8) is 0 Å². The maximum Gasteiger partial charge on any atom is 0.415 e. The van der Waals surface area contributed by atoms with Crippen molar-refractivity contribution in [2.75, 3.05) is 11.9 Å². The van der Waals surface area contributed by atoms with Crippen LogP contribution in [0.3, 0.4) is 0 Å². The Labute approximate surface area is 102 Å². The Morgan fingerprint density at radius 1 is 1.53 bits per heavy atom. The third-order valence-electron chi connectivity index (χ3n) is 2.07. The van der Waals surface area contributed by atoms with E-state index in [4.69, 9.17) is 10.5 Å². The van der Waals surface area contributed by atoms with Crippen molar-refractivity contribution in [3.8, 4) is 0 Å². The zero-order chi connectivity index (χ0) is 13.1. The number of anilines is 1. The second-order valence-electron chi connectivity index (χ2n) is 4.73. The number of carbonyl (C=O) groups is 1. The lowest BCUT2D eigenvalue weighted by atomic mass is 10.2. The van der Waals surface area contributed by atoms with Gasteiger partial charge in [0.15, 0.2) is 0 Å². The van der Waals surface area contributed by atoms with E-state index in [9.17, 15) is 4.79 Å². The first-order valence-electron chi connectivity index (χ1n) is 5.46. The zero-order valence-corrected chi connectivity index (χ0v) is 10.7. The summed E-state index contributed by atoms with van der Waals surface area (Å²) in [6.45, 7) is 5.79. The molecule has 0 bridgehead atoms. The number of hydrogen-bond acceptors (Lipinski definition) is 4. The first kappa shape index (κ1) is 13.4. The Bertz CT molecular complexity index is 399. The smallest absolute Gasteiger partial charge is 0.415 e. The Balaban J connectivity index is 2.89. The van der Waals surface area contributed by atoms with Crippen LogP contribution < -0.4 is 10.6 Å². The molecule has 0 radical (unpaired) electrons. The van der Waals surface area contributed by atoms with Gasteiger partial charge in [-0.2, -0.15) is 0 Å². The third-order valence-corrected chi connectivity index (χ3v) is 2.07. The van der Waals surface area contributed by atoms with Crippen molar-refractivity contribution < 1.29 is 9.53 Å². The summed E-state index contributed by atoms with van der Waals surface area (Å²) in [5, 5.41) is 0. The predicted octanol–water partition coefficient (Wildman–Crippen LogP) is 1.91. The Morgan fingerprint density at radius 3 is 2.71 bits per heavy atom. The fourth-order valence-corrected chi connectivity index (χ4v) is 1.31. The van der Waals surface area contributed by atoms with E-state index in [0.717, 1.165) is 5.56 Å². The van der Waals surface area contributed by atoms with Crippen LogP contribution in [0.1, 0.15) is 26.3 Å². The van der Waals surface area contributed by atoms with Crippen LogP contribution >= 0.6 is 0 Å². The van der Waals surface area contributed by atoms with Crippen LogP contribution in [0.5, 0.6) is 0 Å². The minimum atomic E-state index is -0.525. The van der Waals surface area contributed by atoms with E-state index in [0.29, 0.717) is 12.4 Å². The van der Waals surface area contributed by atoms with Gasteiger partial charge < -0.3 is 10.5 Å². The SMILES string of the molecule is CN(C(=O)OC(C)(C)C)c1ncccc1CN. The molecule has 1 heterocycles. The molecule has 1 amide bonds. The zero-order valence-electron chi connectivity index (χ0n) is 10.7. The fraction of sp³-hybridized carbons (Fsp3) is 0.500. The lowest BCUT2D eigenvalue weighted by Gasteiger charge is -2.25. The summed E-state index contributed by atoms with van der Waals surface area (Å²) < 4.78 is 5.26. The van der Waals surface area contributed by atoms with Gasteiger partial charge in [0.2, 0.25) is 0 Å². The summed E-state index contributed by atoms with van der Waals surface area (Å²) in [4.78, 5) is 17.4.